The molecule has 0 fully saturated rings. The lowest BCUT2D eigenvalue weighted by Gasteiger charge is -2.13. The zero-order valence-corrected chi connectivity index (χ0v) is 15.7. The average Bonchev–Trinajstić information content (AvgIpc) is 2.97. The third-order valence-electron chi connectivity index (χ3n) is 4.66. The number of fused-ring (bicyclic) bond motifs is 1. The van der Waals surface area contributed by atoms with Crippen LogP contribution in [0, 0.1) is 6.92 Å². The van der Waals surface area contributed by atoms with Crippen molar-refractivity contribution in [2.45, 2.75) is 19.8 Å². The first-order valence-corrected chi connectivity index (χ1v) is 8.98. The number of aromatic nitrogens is 3. The molecule has 0 spiro atoms. The number of nitrogens with one attached hydrogen (secondary N) is 1. The van der Waals surface area contributed by atoms with Crippen molar-refractivity contribution in [1.82, 2.24) is 14.3 Å². The monoisotopic (exact) mass is 415 g/mol. The lowest BCUT2D eigenvalue weighted by Crippen LogP contribution is -2.22. The molecule has 2 heterocycles. The highest BCUT2D eigenvalue weighted by Crippen LogP contribution is 2.25. The molecule has 0 radical (unpaired) electrons. The maximum Gasteiger partial charge on any atom is 0.573 e. The second kappa shape index (κ2) is 7.25. The van der Waals surface area contributed by atoms with E-state index in [4.69, 9.17) is 0 Å². The topological polar surface area (TPSA) is 69.0 Å². The van der Waals surface area contributed by atoms with E-state index in [-0.39, 0.29) is 23.2 Å². The van der Waals surface area contributed by atoms with Gasteiger partial charge in [-0.25, -0.2) is 4.68 Å². The fraction of sp³-hybridized carbons (Fsp3) is 0.143. The minimum atomic E-state index is -4.85. The molecule has 2 aromatic carbocycles. The standard InChI is InChI=1S/C21H16F3N3O3/c1-13-19-17(25-26(20(19)29)12-14-6-3-2-4-7-14)11-18(28)27(13)15-8-5-9-16(10-15)30-21(22,23)24/h2-11,25H,12H2,1H3. The Morgan fingerprint density at radius 2 is 1.73 bits per heavy atom. The van der Waals surface area contributed by atoms with Crippen molar-refractivity contribution in [3.63, 3.8) is 0 Å². The van der Waals surface area contributed by atoms with Crippen molar-refractivity contribution in [1.29, 1.82) is 0 Å². The van der Waals surface area contributed by atoms with Gasteiger partial charge in [0.1, 0.15) is 5.75 Å². The van der Waals surface area contributed by atoms with Gasteiger partial charge in [-0.3, -0.25) is 19.3 Å². The van der Waals surface area contributed by atoms with E-state index in [9.17, 15) is 22.8 Å². The summed E-state index contributed by atoms with van der Waals surface area (Å²) in [4.78, 5) is 25.6. The summed E-state index contributed by atoms with van der Waals surface area (Å²) in [6, 6.07) is 15.6. The zero-order valence-electron chi connectivity index (χ0n) is 15.7. The quantitative estimate of drug-likeness (QED) is 0.552. The number of H-pyrrole nitrogens is 1. The molecule has 0 bridgehead atoms. The summed E-state index contributed by atoms with van der Waals surface area (Å²) in [7, 11) is 0. The van der Waals surface area contributed by atoms with Crippen LogP contribution in [0.5, 0.6) is 5.75 Å². The first-order chi connectivity index (χ1) is 14.2. The Bertz CT molecular complexity index is 1340. The number of aromatic amines is 1. The van der Waals surface area contributed by atoms with Crippen LogP contribution in [-0.4, -0.2) is 20.7 Å². The summed E-state index contributed by atoms with van der Waals surface area (Å²) >= 11 is 0. The highest BCUT2D eigenvalue weighted by molar-refractivity contribution is 5.80. The normalized spacial score (nSPS) is 11.7. The molecule has 0 amide bonds. The molecule has 1 N–H and O–H groups in total. The number of pyridine rings is 1. The van der Waals surface area contributed by atoms with Crippen LogP contribution in [-0.2, 0) is 6.54 Å². The van der Waals surface area contributed by atoms with Crippen molar-refractivity contribution in [2.75, 3.05) is 0 Å². The van der Waals surface area contributed by atoms with Gasteiger partial charge in [0.2, 0.25) is 0 Å². The molecule has 0 unspecified atom stereocenters. The summed E-state index contributed by atoms with van der Waals surface area (Å²) in [5.41, 5.74) is 0.916. The van der Waals surface area contributed by atoms with Crippen LogP contribution < -0.4 is 15.9 Å². The third kappa shape index (κ3) is 3.73. The summed E-state index contributed by atoms with van der Waals surface area (Å²) in [6.45, 7) is 1.86. The van der Waals surface area contributed by atoms with Crippen LogP contribution in [0.2, 0.25) is 0 Å². The third-order valence-corrected chi connectivity index (χ3v) is 4.66. The second-order valence-electron chi connectivity index (χ2n) is 6.73. The van der Waals surface area contributed by atoms with E-state index < -0.39 is 17.7 Å². The number of hydrogen-bond acceptors (Lipinski definition) is 3. The molecule has 0 saturated heterocycles. The Hall–Kier alpha value is -3.75. The van der Waals surface area contributed by atoms with Crippen LogP contribution in [0.4, 0.5) is 13.2 Å². The molecular formula is C21H16F3N3O3. The molecule has 0 aliphatic carbocycles. The van der Waals surface area contributed by atoms with E-state index in [2.05, 4.69) is 9.84 Å². The number of alkyl halides is 3. The molecule has 0 saturated carbocycles. The molecule has 0 aliphatic heterocycles. The van der Waals surface area contributed by atoms with E-state index in [1.165, 1.54) is 27.4 Å². The van der Waals surface area contributed by atoms with E-state index in [1.54, 1.807) is 6.92 Å². The van der Waals surface area contributed by atoms with Gasteiger partial charge in [0, 0.05) is 17.8 Å². The molecule has 30 heavy (non-hydrogen) atoms. The van der Waals surface area contributed by atoms with Crippen molar-refractivity contribution in [3.8, 4) is 11.4 Å². The predicted molar refractivity (Wildman–Crippen MR) is 105 cm³/mol. The number of ether oxygens (including phenoxy) is 1. The Labute approximate surface area is 167 Å². The van der Waals surface area contributed by atoms with Gasteiger partial charge in [-0.1, -0.05) is 36.4 Å². The van der Waals surface area contributed by atoms with Crippen LogP contribution in [0.1, 0.15) is 11.3 Å². The molecule has 2 aromatic heterocycles. The lowest BCUT2D eigenvalue weighted by atomic mass is 10.2. The van der Waals surface area contributed by atoms with Gasteiger partial charge in [0.15, 0.2) is 0 Å². The molecule has 4 rings (SSSR count). The Morgan fingerprint density at radius 1 is 1.00 bits per heavy atom. The van der Waals surface area contributed by atoms with Crippen molar-refractivity contribution >= 4 is 10.9 Å². The summed E-state index contributed by atoms with van der Waals surface area (Å²) in [6.07, 6.45) is -4.85. The van der Waals surface area contributed by atoms with Crippen molar-refractivity contribution in [3.05, 3.63) is 92.6 Å². The van der Waals surface area contributed by atoms with Gasteiger partial charge >= 0.3 is 6.36 Å². The largest absolute Gasteiger partial charge is 0.573 e. The van der Waals surface area contributed by atoms with Gasteiger partial charge in [-0.2, -0.15) is 0 Å². The second-order valence-corrected chi connectivity index (χ2v) is 6.73. The Balaban J connectivity index is 1.83. The molecule has 9 heteroatoms. The van der Waals surface area contributed by atoms with Crippen LogP contribution >= 0.6 is 0 Å². The summed E-state index contributed by atoms with van der Waals surface area (Å²) in [5.74, 6) is -0.457. The van der Waals surface area contributed by atoms with Gasteiger partial charge in [0.05, 0.1) is 23.1 Å². The first-order valence-electron chi connectivity index (χ1n) is 8.98. The minimum Gasteiger partial charge on any atom is -0.406 e. The van der Waals surface area contributed by atoms with Gasteiger partial charge in [0.25, 0.3) is 11.1 Å². The van der Waals surface area contributed by atoms with Crippen molar-refractivity contribution in [2.24, 2.45) is 0 Å². The fourth-order valence-electron chi connectivity index (χ4n) is 3.44. The smallest absolute Gasteiger partial charge is 0.406 e. The highest BCUT2D eigenvalue weighted by atomic mass is 19.4. The van der Waals surface area contributed by atoms with Crippen molar-refractivity contribution < 1.29 is 17.9 Å². The predicted octanol–water partition coefficient (Wildman–Crippen LogP) is 3.74. The zero-order chi connectivity index (χ0) is 21.5. The number of benzene rings is 2. The number of aryl methyl sites for hydroxylation is 1. The average molecular weight is 415 g/mol. The molecular weight excluding hydrogens is 399 g/mol. The number of halogens is 3. The molecule has 4 aromatic rings. The fourth-order valence-corrected chi connectivity index (χ4v) is 3.44. The lowest BCUT2D eigenvalue weighted by molar-refractivity contribution is -0.274. The summed E-state index contributed by atoms with van der Waals surface area (Å²) in [5, 5.41) is 3.22. The van der Waals surface area contributed by atoms with Gasteiger partial charge in [-0.15, -0.1) is 13.2 Å². The first kappa shape index (κ1) is 19.6. The molecule has 154 valence electrons. The number of rotatable bonds is 4. The van der Waals surface area contributed by atoms with Crippen LogP contribution in [0.25, 0.3) is 16.6 Å². The molecule has 0 aliphatic rings. The Morgan fingerprint density at radius 3 is 2.43 bits per heavy atom. The van der Waals surface area contributed by atoms with E-state index in [0.29, 0.717) is 11.2 Å². The maximum absolute atomic E-state index is 12.9. The van der Waals surface area contributed by atoms with Gasteiger partial charge in [-0.05, 0) is 24.6 Å². The van der Waals surface area contributed by atoms with Gasteiger partial charge < -0.3 is 4.74 Å². The number of nitrogens with zero attached hydrogens (tertiary/aromatic N) is 2. The molecule has 0 atom stereocenters. The SMILES string of the molecule is Cc1c2c(=O)n(Cc3ccccc3)[nH]c2cc(=O)n1-c1cccc(OC(F)(F)F)c1. The summed E-state index contributed by atoms with van der Waals surface area (Å²) < 4.78 is 44.1. The van der Waals surface area contributed by atoms with E-state index in [0.717, 1.165) is 17.7 Å². The highest BCUT2D eigenvalue weighted by Gasteiger charge is 2.31. The van der Waals surface area contributed by atoms with Crippen LogP contribution in [0.15, 0.2) is 70.3 Å². The minimum absolute atomic E-state index is 0.163. The maximum atomic E-state index is 12.9. The Kier molecular flexibility index (Phi) is 4.73. The van der Waals surface area contributed by atoms with Crippen LogP contribution in [0.3, 0.4) is 0 Å². The number of hydrogen-bond donors (Lipinski definition) is 1. The molecule has 6 nitrogen and oxygen atoms in total. The van der Waals surface area contributed by atoms with E-state index in [1.807, 2.05) is 30.3 Å². The van der Waals surface area contributed by atoms with E-state index >= 15 is 0 Å².